The molecule has 2 rings (SSSR count). The standard InChI is InChI=1S/C11H19NO2/c12-7-11(10(13)14)6-8-4-2-1-3-5-9(8)11/h8-9H,1-7,12H2,(H,13,14)/t8-,9-,11-/m1/s1. The fourth-order valence-corrected chi connectivity index (χ4v) is 3.38. The first kappa shape index (κ1) is 9.97. The largest absolute Gasteiger partial charge is 0.481 e. The Hall–Kier alpha value is -0.570. The van der Waals surface area contributed by atoms with Gasteiger partial charge in [-0.15, -0.1) is 0 Å². The highest BCUT2D eigenvalue weighted by molar-refractivity contribution is 5.77. The highest BCUT2D eigenvalue weighted by Gasteiger charge is 2.57. The predicted octanol–water partition coefficient (Wildman–Crippen LogP) is 1.62. The second-order valence-electron chi connectivity index (χ2n) is 4.87. The number of nitrogens with two attached hydrogens (primary N) is 1. The molecule has 0 radical (unpaired) electrons. The molecule has 0 heterocycles. The van der Waals surface area contributed by atoms with Gasteiger partial charge in [0.25, 0.3) is 0 Å². The van der Waals surface area contributed by atoms with Crippen molar-refractivity contribution in [2.24, 2.45) is 23.0 Å². The van der Waals surface area contributed by atoms with E-state index < -0.39 is 11.4 Å². The Morgan fingerprint density at radius 2 is 2.07 bits per heavy atom. The lowest BCUT2D eigenvalue weighted by Crippen LogP contribution is -2.56. The molecule has 3 atom stereocenters. The molecule has 14 heavy (non-hydrogen) atoms. The van der Waals surface area contributed by atoms with Gasteiger partial charge in [0.1, 0.15) is 0 Å². The van der Waals surface area contributed by atoms with Gasteiger partial charge in [0.15, 0.2) is 0 Å². The van der Waals surface area contributed by atoms with E-state index in [1.807, 2.05) is 0 Å². The number of aliphatic carboxylic acids is 1. The molecule has 80 valence electrons. The number of hydrogen-bond acceptors (Lipinski definition) is 2. The molecule has 2 fully saturated rings. The van der Waals surface area contributed by atoms with Crippen LogP contribution >= 0.6 is 0 Å². The second-order valence-corrected chi connectivity index (χ2v) is 4.87. The molecule has 0 amide bonds. The van der Waals surface area contributed by atoms with Crippen LogP contribution in [0.2, 0.25) is 0 Å². The van der Waals surface area contributed by atoms with Gasteiger partial charge in [-0.25, -0.2) is 0 Å². The quantitative estimate of drug-likeness (QED) is 0.707. The Morgan fingerprint density at radius 3 is 2.71 bits per heavy atom. The minimum atomic E-state index is -0.664. The average molecular weight is 197 g/mol. The van der Waals surface area contributed by atoms with E-state index in [2.05, 4.69) is 0 Å². The van der Waals surface area contributed by atoms with Crippen LogP contribution in [0.4, 0.5) is 0 Å². The maximum Gasteiger partial charge on any atom is 0.311 e. The van der Waals surface area contributed by atoms with Gasteiger partial charge in [0, 0.05) is 6.54 Å². The Labute approximate surface area is 84.7 Å². The molecule has 3 N–H and O–H groups in total. The van der Waals surface area contributed by atoms with Crippen LogP contribution in [0, 0.1) is 17.3 Å². The molecular weight excluding hydrogens is 178 g/mol. The fourth-order valence-electron chi connectivity index (χ4n) is 3.38. The summed E-state index contributed by atoms with van der Waals surface area (Å²) >= 11 is 0. The fraction of sp³-hybridized carbons (Fsp3) is 0.909. The summed E-state index contributed by atoms with van der Waals surface area (Å²) < 4.78 is 0. The van der Waals surface area contributed by atoms with Crippen molar-refractivity contribution in [1.82, 2.24) is 0 Å². The lowest BCUT2D eigenvalue weighted by atomic mass is 9.52. The van der Waals surface area contributed by atoms with Gasteiger partial charge in [-0.1, -0.05) is 25.7 Å². The molecule has 0 aromatic heterocycles. The first-order valence-electron chi connectivity index (χ1n) is 5.64. The number of carbonyl (C=O) groups is 1. The summed E-state index contributed by atoms with van der Waals surface area (Å²) in [6.07, 6.45) is 6.86. The number of carboxylic acids is 1. The Bertz CT molecular complexity index is 241. The van der Waals surface area contributed by atoms with Crippen LogP contribution in [0.3, 0.4) is 0 Å². The van der Waals surface area contributed by atoms with Gasteiger partial charge in [-0.05, 0) is 24.7 Å². The van der Waals surface area contributed by atoms with Crippen molar-refractivity contribution < 1.29 is 9.90 Å². The third-order valence-electron chi connectivity index (χ3n) is 4.29. The van der Waals surface area contributed by atoms with Crippen molar-refractivity contribution in [2.45, 2.75) is 38.5 Å². The summed E-state index contributed by atoms with van der Waals surface area (Å²) in [5, 5.41) is 9.23. The summed E-state index contributed by atoms with van der Waals surface area (Å²) in [6.45, 7) is 0.323. The first-order chi connectivity index (χ1) is 6.70. The van der Waals surface area contributed by atoms with Crippen molar-refractivity contribution in [3.8, 4) is 0 Å². The minimum Gasteiger partial charge on any atom is -0.481 e. The van der Waals surface area contributed by atoms with Crippen molar-refractivity contribution in [2.75, 3.05) is 6.54 Å². The van der Waals surface area contributed by atoms with Gasteiger partial charge in [-0.2, -0.15) is 0 Å². The highest BCUT2D eigenvalue weighted by atomic mass is 16.4. The molecule has 0 bridgehead atoms. The van der Waals surface area contributed by atoms with E-state index in [1.165, 1.54) is 25.7 Å². The molecule has 3 nitrogen and oxygen atoms in total. The normalized spacial score (nSPS) is 42.1. The van der Waals surface area contributed by atoms with E-state index in [1.54, 1.807) is 0 Å². The number of fused-ring (bicyclic) bond motifs is 1. The van der Waals surface area contributed by atoms with Crippen LogP contribution in [0.15, 0.2) is 0 Å². The SMILES string of the molecule is NC[C@]1(C(=O)O)C[C@H]2CCCCC[C@H]21. The van der Waals surface area contributed by atoms with E-state index in [0.717, 1.165) is 12.8 Å². The maximum absolute atomic E-state index is 11.2. The van der Waals surface area contributed by atoms with Gasteiger partial charge in [0.2, 0.25) is 0 Å². The molecule has 2 aliphatic rings. The Morgan fingerprint density at radius 1 is 1.36 bits per heavy atom. The summed E-state index contributed by atoms with van der Waals surface area (Å²) in [5.41, 5.74) is 5.09. The lowest BCUT2D eigenvalue weighted by molar-refractivity contribution is -0.167. The van der Waals surface area contributed by atoms with Crippen LogP contribution in [-0.2, 0) is 4.79 Å². The molecule has 3 heteroatoms. The van der Waals surface area contributed by atoms with E-state index in [0.29, 0.717) is 18.4 Å². The van der Waals surface area contributed by atoms with Crippen molar-refractivity contribution in [3.63, 3.8) is 0 Å². The molecule has 0 aromatic rings. The van der Waals surface area contributed by atoms with Crippen molar-refractivity contribution in [3.05, 3.63) is 0 Å². The van der Waals surface area contributed by atoms with Crippen molar-refractivity contribution in [1.29, 1.82) is 0 Å². The van der Waals surface area contributed by atoms with E-state index in [4.69, 9.17) is 5.73 Å². The zero-order valence-corrected chi connectivity index (χ0v) is 8.54. The van der Waals surface area contributed by atoms with Crippen molar-refractivity contribution >= 4 is 5.97 Å². The molecule has 0 unspecified atom stereocenters. The number of carboxylic acid groups (broad SMARTS) is 1. The molecule has 0 saturated heterocycles. The molecule has 2 aliphatic carbocycles. The van der Waals surface area contributed by atoms with Crippen LogP contribution in [0.1, 0.15) is 38.5 Å². The average Bonchev–Trinajstić information content (AvgIpc) is 2.30. The maximum atomic E-state index is 11.2. The third kappa shape index (κ3) is 1.26. The van der Waals surface area contributed by atoms with Gasteiger partial charge < -0.3 is 10.8 Å². The molecule has 0 aromatic carbocycles. The van der Waals surface area contributed by atoms with Gasteiger partial charge in [-0.3, -0.25) is 4.79 Å². The van der Waals surface area contributed by atoms with Crippen LogP contribution in [0.5, 0.6) is 0 Å². The van der Waals surface area contributed by atoms with E-state index in [9.17, 15) is 9.90 Å². The lowest BCUT2D eigenvalue weighted by Gasteiger charge is -2.51. The third-order valence-corrected chi connectivity index (χ3v) is 4.29. The Kier molecular flexibility index (Phi) is 2.52. The molecule has 2 saturated carbocycles. The summed E-state index contributed by atoms with van der Waals surface area (Å²) in [6, 6.07) is 0. The first-order valence-corrected chi connectivity index (χ1v) is 5.64. The minimum absolute atomic E-state index is 0.323. The summed E-state index contributed by atoms with van der Waals surface area (Å²) in [7, 11) is 0. The molecule has 0 aliphatic heterocycles. The van der Waals surface area contributed by atoms with Gasteiger partial charge in [0.05, 0.1) is 5.41 Å². The van der Waals surface area contributed by atoms with Crippen LogP contribution in [-0.4, -0.2) is 17.6 Å². The number of rotatable bonds is 2. The second kappa shape index (κ2) is 3.54. The van der Waals surface area contributed by atoms with Crippen LogP contribution < -0.4 is 5.73 Å². The zero-order chi connectivity index (χ0) is 10.2. The number of hydrogen-bond donors (Lipinski definition) is 2. The summed E-state index contributed by atoms with van der Waals surface area (Å²) in [4.78, 5) is 11.2. The van der Waals surface area contributed by atoms with Crippen LogP contribution in [0.25, 0.3) is 0 Å². The predicted molar refractivity (Wildman–Crippen MR) is 53.8 cm³/mol. The smallest absolute Gasteiger partial charge is 0.311 e. The molecular formula is C11H19NO2. The topological polar surface area (TPSA) is 63.3 Å². The van der Waals surface area contributed by atoms with E-state index >= 15 is 0 Å². The zero-order valence-electron chi connectivity index (χ0n) is 8.54. The molecule has 0 spiro atoms. The Balaban J connectivity index is 2.12. The van der Waals surface area contributed by atoms with Gasteiger partial charge >= 0.3 is 5.97 Å². The summed E-state index contributed by atoms with van der Waals surface area (Å²) in [5.74, 6) is 0.354. The van der Waals surface area contributed by atoms with E-state index in [-0.39, 0.29) is 0 Å². The highest BCUT2D eigenvalue weighted by Crippen LogP contribution is 2.56. The monoisotopic (exact) mass is 197 g/mol.